The molecule has 0 saturated heterocycles. The van der Waals surface area contributed by atoms with Gasteiger partial charge in [-0.25, -0.2) is 9.36 Å². The monoisotopic (exact) mass is 401 g/mol. The van der Waals surface area contributed by atoms with E-state index in [1.54, 1.807) is 12.2 Å². The van der Waals surface area contributed by atoms with Crippen LogP contribution in [0.15, 0.2) is 24.3 Å². The molecule has 1 aromatic heterocycles. The van der Waals surface area contributed by atoms with Crippen LogP contribution < -0.4 is 0 Å². The summed E-state index contributed by atoms with van der Waals surface area (Å²) < 4.78 is 27.2. The highest BCUT2D eigenvalue weighted by Gasteiger charge is 2.53. The van der Waals surface area contributed by atoms with E-state index in [9.17, 15) is 19.6 Å². The van der Waals surface area contributed by atoms with Gasteiger partial charge in [-0.05, 0) is 19.4 Å². The number of carbonyl (C=O) groups excluding carboxylic acids is 1. The Kier molecular flexibility index (Phi) is 4.96. The predicted octanol–water partition coefficient (Wildman–Crippen LogP) is 1.35. The van der Waals surface area contributed by atoms with Crippen LogP contribution in [-0.2, 0) is 35.5 Å². The molecule has 0 aromatic carbocycles. The van der Waals surface area contributed by atoms with Crippen LogP contribution in [0.4, 0.5) is 0 Å². The zero-order valence-electron chi connectivity index (χ0n) is 14.5. The number of hydrogen-bond donors (Lipinski definition) is 4. The fourth-order valence-corrected chi connectivity index (χ4v) is 3.58. The van der Waals surface area contributed by atoms with Gasteiger partial charge in [-0.2, -0.15) is 0 Å². The Morgan fingerprint density at radius 2 is 2.11 bits per heavy atom. The molecule has 4 N–H and O–H groups in total. The summed E-state index contributed by atoms with van der Waals surface area (Å²) in [5, 5.41) is 21.1. The van der Waals surface area contributed by atoms with Crippen LogP contribution in [0.25, 0.3) is 0 Å². The fourth-order valence-electron chi connectivity index (χ4n) is 3.21. The number of ether oxygens (including phenoxy) is 2. The summed E-state index contributed by atoms with van der Waals surface area (Å²) in [5.74, 6) is -1.09. The van der Waals surface area contributed by atoms with Crippen molar-refractivity contribution in [2.45, 2.75) is 31.6 Å². The van der Waals surface area contributed by atoms with E-state index in [1.165, 1.54) is 11.5 Å². The Balaban J connectivity index is 1.79. The van der Waals surface area contributed by atoms with Crippen molar-refractivity contribution in [3.8, 4) is 11.8 Å². The van der Waals surface area contributed by atoms with E-state index in [1.807, 2.05) is 0 Å². The Hall–Kier alpha value is -2.10. The second-order valence-electron chi connectivity index (χ2n) is 6.41. The van der Waals surface area contributed by atoms with E-state index < -0.39 is 25.5 Å². The number of phosphoric acid groups is 1. The number of carbonyl (C=O) groups is 1. The molecular weight excluding hydrogens is 381 g/mol. The molecule has 2 aliphatic heterocycles. The first-order valence-corrected chi connectivity index (χ1v) is 9.63. The Morgan fingerprint density at radius 1 is 1.41 bits per heavy atom. The van der Waals surface area contributed by atoms with Gasteiger partial charge in [-0.3, -0.25) is 9.09 Å². The first-order valence-electron chi connectivity index (χ1n) is 8.10. The maximum atomic E-state index is 11.7. The molecule has 2 unspecified atom stereocenters. The average Bonchev–Trinajstić information content (AvgIpc) is 3.20. The number of nitrogens with zero attached hydrogens (tertiary/aromatic N) is 1. The standard InChI is InChI=1S/C16H20NO9P/c1-9(2)15(20)24-8-16-5-4-10(26-16)11-12(16)14(19)17(13(11)18)6-3-7-25-27(21,22)23/h4-5,10,18-19H,1,3,6-8H2,2H3,(H2,21,22,23). The fraction of sp³-hybridized carbons (Fsp3) is 0.438. The molecule has 27 heavy (non-hydrogen) atoms. The number of esters is 1. The summed E-state index contributed by atoms with van der Waals surface area (Å²) in [5.41, 5.74) is -0.312. The summed E-state index contributed by atoms with van der Waals surface area (Å²) >= 11 is 0. The van der Waals surface area contributed by atoms with Gasteiger partial charge in [0.15, 0.2) is 5.60 Å². The van der Waals surface area contributed by atoms with Crippen molar-refractivity contribution < 1.29 is 43.4 Å². The molecule has 2 atom stereocenters. The molecule has 3 heterocycles. The number of aromatic nitrogens is 1. The molecule has 0 amide bonds. The van der Waals surface area contributed by atoms with Crippen LogP contribution in [0.2, 0.25) is 0 Å². The van der Waals surface area contributed by atoms with Crippen LogP contribution in [0, 0.1) is 0 Å². The lowest BCUT2D eigenvalue weighted by molar-refractivity contribution is -0.147. The largest absolute Gasteiger partial charge is 0.494 e. The van der Waals surface area contributed by atoms with Crippen LogP contribution >= 0.6 is 7.82 Å². The Labute approximate surface area is 154 Å². The molecule has 148 valence electrons. The molecule has 0 aliphatic carbocycles. The van der Waals surface area contributed by atoms with Crippen LogP contribution in [-0.4, -0.2) is 43.8 Å². The van der Waals surface area contributed by atoms with E-state index in [0.717, 1.165) is 0 Å². The topological polar surface area (TPSA) is 148 Å². The molecule has 11 heteroatoms. The summed E-state index contributed by atoms with van der Waals surface area (Å²) in [4.78, 5) is 29.1. The van der Waals surface area contributed by atoms with Gasteiger partial charge >= 0.3 is 13.8 Å². The molecule has 0 spiro atoms. The molecule has 2 aliphatic rings. The quantitative estimate of drug-likeness (QED) is 0.167. The summed E-state index contributed by atoms with van der Waals surface area (Å²) in [6.45, 7) is 4.61. The highest BCUT2D eigenvalue weighted by atomic mass is 31.2. The number of phosphoric ester groups is 1. The maximum Gasteiger partial charge on any atom is 0.469 e. The molecule has 0 fully saturated rings. The second-order valence-corrected chi connectivity index (χ2v) is 7.65. The van der Waals surface area contributed by atoms with E-state index in [0.29, 0.717) is 11.1 Å². The van der Waals surface area contributed by atoms with Gasteiger partial charge in [-0.15, -0.1) is 0 Å². The third kappa shape index (κ3) is 3.54. The molecule has 3 rings (SSSR count). The number of fused-ring (bicyclic) bond motifs is 5. The lowest BCUT2D eigenvalue weighted by atomic mass is 9.90. The predicted molar refractivity (Wildman–Crippen MR) is 90.8 cm³/mol. The van der Waals surface area contributed by atoms with Gasteiger partial charge in [0.05, 0.1) is 17.7 Å². The third-order valence-corrected chi connectivity index (χ3v) is 4.90. The van der Waals surface area contributed by atoms with Crippen LogP contribution in [0.3, 0.4) is 0 Å². The smallest absolute Gasteiger partial charge is 0.469 e. The van der Waals surface area contributed by atoms with E-state index >= 15 is 0 Å². The van der Waals surface area contributed by atoms with Gasteiger partial charge in [0, 0.05) is 12.1 Å². The SMILES string of the molecule is C=C(C)C(=O)OCC12C=CC(O1)c1c2c(O)n(CCCOP(=O)(O)O)c1O. The normalized spacial score (nSPS) is 22.9. The molecule has 0 radical (unpaired) electrons. The summed E-state index contributed by atoms with van der Waals surface area (Å²) in [6, 6.07) is 0. The number of hydrogen-bond acceptors (Lipinski definition) is 7. The van der Waals surface area contributed by atoms with Crippen molar-refractivity contribution in [3.05, 3.63) is 35.4 Å². The first kappa shape index (κ1) is 19.7. The minimum absolute atomic E-state index is 0.0546. The van der Waals surface area contributed by atoms with Crippen LogP contribution in [0.5, 0.6) is 11.8 Å². The van der Waals surface area contributed by atoms with Gasteiger partial charge < -0.3 is 29.5 Å². The zero-order chi connectivity index (χ0) is 20.0. The molecule has 0 saturated carbocycles. The van der Waals surface area contributed by atoms with Crippen molar-refractivity contribution >= 4 is 13.8 Å². The molecule has 1 aromatic rings. The summed E-state index contributed by atoms with van der Waals surface area (Å²) in [6.07, 6.45) is 2.89. The van der Waals surface area contributed by atoms with E-state index in [4.69, 9.17) is 19.3 Å². The minimum atomic E-state index is -4.58. The van der Waals surface area contributed by atoms with Crippen molar-refractivity contribution in [2.75, 3.05) is 13.2 Å². The highest BCUT2D eigenvalue weighted by Crippen LogP contribution is 2.58. The zero-order valence-corrected chi connectivity index (χ0v) is 15.4. The molecular formula is C16H20NO9P. The van der Waals surface area contributed by atoms with E-state index in [2.05, 4.69) is 11.1 Å². The van der Waals surface area contributed by atoms with Crippen molar-refractivity contribution in [3.63, 3.8) is 0 Å². The second kappa shape index (κ2) is 6.81. The van der Waals surface area contributed by atoms with Crippen molar-refractivity contribution in [1.29, 1.82) is 0 Å². The van der Waals surface area contributed by atoms with Gasteiger partial charge in [0.2, 0.25) is 11.8 Å². The number of rotatable bonds is 8. The number of aromatic hydroxyl groups is 2. The van der Waals surface area contributed by atoms with Gasteiger partial charge in [0.1, 0.15) is 12.7 Å². The Morgan fingerprint density at radius 3 is 2.74 bits per heavy atom. The first-order chi connectivity index (χ1) is 12.6. The average molecular weight is 401 g/mol. The van der Waals surface area contributed by atoms with Crippen molar-refractivity contribution in [2.24, 2.45) is 0 Å². The lowest BCUT2D eigenvalue weighted by Crippen LogP contribution is -2.29. The minimum Gasteiger partial charge on any atom is -0.494 e. The van der Waals surface area contributed by atoms with Gasteiger partial charge in [0.25, 0.3) is 0 Å². The molecule has 10 nitrogen and oxygen atoms in total. The summed E-state index contributed by atoms with van der Waals surface area (Å²) in [7, 11) is -4.58. The van der Waals surface area contributed by atoms with E-state index in [-0.39, 0.29) is 43.5 Å². The van der Waals surface area contributed by atoms with Crippen molar-refractivity contribution in [1.82, 2.24) is 4.57 Å². The Bertz CT molecular complexity index is 868. The van der Waals surface area contributed by atoms with Gasteiger partial charge in [-0.1, -0.05) is 12.7 Å². The third-order valence-electron chi connectivity index (χ3n) is 4.38. The molecule has 2 bridgehead atoms. The lowest BCUT2D eigenvalue weighted by Gasteiger charge is -2.23. The van der Waals surface area contributed by atoms with Crippen LogP contribution in [0.1, 0.15) is 30.6 Å². The highest BCUT2D eigenvalue weighted by molar-refractivity contribution is 7.46. The maximum absolute atomic E-state index is 11.7.